The van der Waals surface area contributed by atoms with Gasteiger partial charge >= 0.3 is 12.7 Å². The number of nitrogens with one attached hydrogen (secondary N) is 1. The van der Waals surface area contributed by atoms with Crippen molar-refractivity contribution in [1.82, 2.24) is 10.2 Å². The second kappa shape index (κ2) is 9.64. The van der Waals surface area contributed by atoms with Crippen molar-refractivity contribution in [2.24, 2.45) is 0 Å². The number of benzene rings is 2. The van der Waals surface area contributed by atoms with Gasteiger partial charge in [-0.05, 0) is 23.8 Å². The first-order chi connectivity index (χ1) is 13.7. The number of alkyl halides is 5. The zero-order chi connectivity index (χ0) is 20.6. The van der Waals surface area contributed by atoms with E-state index in [-0.39, 0.29) is 42.1 Å². The lowest BCUT2D eigenvalue weighted by Gasteiger charge is -2.36. The van der Waals surface area contributed by atoms with Crippen molar-refractivity contribution in [1.29, 1.82) is 0 Å². The van der Waals surface area contributed by atoms with E-state index in [4.69, 9.17) is 4.74 Å². The predicted molar refractivity (Wildman–Crippen MR) is 107 cm³/mol. The average Bonchev–Trinajstić information content (AvgIpc) is 2.98. The molecule has 0 amide bonds. The molecule has 172 valence electrons. The SMILES string of the molecule is Cl.Cl.FC(F)(F)Oc1ccc([C@@H](c2cccc3c2OC(F)(F)O3)N2CCNCC2)cc1. The molecular weight excluding hydrogens is 470 g/mol. The van der Waals surface area contributed by atoms with Crippen molar-refractivity contribution >= 4 is 24.8 Å². The topological polar surface area (TPSA) is 43.0 Å². The summed E-state index contributed by atoms with van der Waals surface area (Å²) in [5.74, 6) is -0.508. The third-order valence-electron chi connectivity index (χ3n) is 4.70. The molecule has 0 unspecified atom stereocenters. The van der Waals surface area contributed by atoms with Crippen LogP contribution in [0.2, 0.25) is 0 Å². The van der Waals surface area contributed by atoms with Crippen LogP contribution in [-0.2, 0) is 0 Å². The predicted octanol–water partition coefficient (Wildman–Crippen LogP) is 4.74. The molecule has 1 fully saturated rings. The van der Waals surface area contributed by atoms with Crippen molar-refractivity contribution in [2.75, 3.05) is 26.2 Å². The maximum Gasteiger partial charge on any atom is 0.586 e. The molecule has 2 aliphatic rings. The van der Waals surface area contributed by atoms with Crippen molar-refractivity contribution in [3.05, 3.63) is 53.6 Å². The van der Waals surface area contributed by atoms with Crippen LogP contribution in [-0.4, -0.2) is 43.7 Å². The Morgan fingerprint density at radius 1 is 0.968 bits per heavy atom. The zero-order valence-corrected chi connectivity index (χ0v) is 17.5. The second-order valence-corrected chi connectivity index (χ2v) is 6.65. The molecule has 0 aliphatic carbocycles. The second-order valence-electron chi connectivity index (χ2n) is 6.65. The van der Waals surface area contributed by atoms with Gasteiger partial charge in [-0.2, -0.15) is 0 Å². The van der Waals surface area contributed by atoms with Crippen LogP contribution in [0.4, 0.5) is 22.0 Å². The van der Waals surface area contributed by atoms with Crippen molar-refractivity contribution in [2.45, 2.75) is 18.7 Å². The molecule has 5 nitrogen and oxygen atoms in total. The molecule has 1 N–H and O–H groups in total. The van der Waals surface area contributed by atoms with Gasteiger partial charge in [-0.3, -0.25) is 4.90 Å². The number of fused-ring (bicyclic) bond motifs is 1. The molecule has 12 heteroatoms. The molecule has 31 heavy (non-hydrogen) atoms. The molecule has 1 saturated heterocycles. The Morgan fingerprint density at radius 3 is 2.23 bits per heavy atom. The van der Waals surface area contributed by atoms with Gasteiger partial charge in [0.1, 0.15) is 5.75 Å². The van der Waals surface area contributed by atoms with Gasteiger partial charge in [-0.1, -0.05) is 24.3 Å². The number of piperazine rings is 1. The van der Waals surface area contributed by atoms with Gasteiger partial charge in [-0.25, -0.2) is 0 Å². The van der Waals surface area contributed by atoms with Crippen LogP contribution in [0.3, 0.4) is 0 Å². The molecule has 2 heterocycles. The molecule has 0 radical (unpaired) electrons. The highest BCUT2D eigenvalue weighted by Crippen LogP contribution is 2.47. The smallest absolute Gasteiger partial charge is 0.406 e. The van der Waals surface area contributed by atoms with E-state index in [2.05, 4.69) is 14.8 Å². The summed E-state index contributed by atoms with van der Waals surface area (Å²) in [6.07, 6.45) is -8.56. The largest absolute Gasteiger partial charge is 0.586 e. The van der Waals surface area contributed by atoms with Gasteiger partial charge in [-0.15, -0.1) is 46.8 Å². The van der Waals surface area contributed by atoms with Crippen LogP contribution in [0, 0.1) is 0 Å². The lowest BCUT2D eigenvalue weighted by Crippen LogP contribution is -2.45. The summed E-state index contributed by atoms with van der Waals surface area (Å²) in [4.78, 5) is 2.05. The molecule has 2 aromatic carbocycles. The third kappa shape index (κ3) is 5.82. The first-order valence-electron chi connectivity index (χ1n) is 8.91. The molecule has 0 spiro atoms. The third-order valence-corrected chi connectivity index (χ3v) is 4.70. The van der Waals surface area contributed by atoms with Crippen LogP contribution >= 0.6 is 24.8 Å². The highest BCUT2D eigenvalue weighted by molar-refractivity contribution is 5.85. The molecule has 2 aliphatic heterocycles. The lowest BCUT2D eigenvalue weighted by molar-refractivity contribution is -0.287. The van der Waals surface area contributed by atoms with Crippen molar-refractivity contribution in [3.8, 4) is 17.2 Å². The van der Waals surface area contributed by atoms with Crippen LogP contribution in [0.25, 0.3) is 0 Å². The number of rotatable bonds is 4. The molecule has 0 aromatic heterocycles. The Hall–Kier alpha value is -2.01. The normalized spacial score (nSPS) is 18.5. The highest BCUT2D eigenvalue weighted by atomic mass is 35.5. The highest BCUT2D eigenvalue weighted by Gasteiger charge is 2.45. The van der Waals surface area contributed by atoms with E-state index < -0.39 is 18.7 Å². The Balaban J connectivity index is 0.00000171. The summed E-state index contributed by atoms with van der Waals surface area (Å²) in [6.45, 7) is 2.61. The molecule has 2 aromatic rings. The molecule has 0 saturated carbocycles. The van der Waals surface area contributed by atoms with Gasteiger partial charge in [0.2, 0.25) is 0 Å². The number of halogens is 7. The van der Waals surface area contributed by atoms with Gasteiger partial charge < -0.3 is 19.5 Å². The van der Waals surface area contributed by atoms with Crippen LogP contribution in [0.5, 0.6) is 17.2 Å². The summed E-state index contributed by atoms with van der Waals surface area (Å²) in [5.41, 5.74) is 1.07. The zero-order valence-electron chi connectivity index (χ0n) is 15.8. The number of hydrogen-bond acceptors (Lipinski definition) is 5. The minimum Gasteiger partial charge on any atom is -0.406 e. The van der Waals surface area contributed by atoms with E-state index in [0.717, 1.165) is 0 Å². The van der Waals surface area contributed by atoms with E-state index >= 15 is 0 Å². The molecule has 1 atom stereocenters. The number of hydrogen-bond donors (Lipinski definition) is 1. The van der Waals surface area contributed by atoms with Gasteiger partial charge in [0.05, 0.1) is 6.04 Å². The Bertz CT molecular complexity index is 878. The number of para-hydroxylation sites is 1. The molecular formula is C19H19Cl2F5N2O3. The van der Waals surface area contributed by atoms with Crippen LogP contribution < -0.4 is 19.5 Å². The van der Waals surface area contributed by atoms with Crippen molar-refractivity contribution < 1.29 is 36.2 Å². The fraction of sp³-hybridized carbons (Fsp3) is 0.368. The summed E-state index contributed by atoms with van der Waals surface area (Å²) >= 11 is 0. The molecule has 4 rings (SSSR count). The van der Waals surface area contributed by atoms with E-state index in [1.807, 2.05) is 4.90 Å². The fourth-order valence-corrected chi connectivity index (χ4v) is 3.58. The van der Waals surface area contributed by atoms with Crippen molar-refractivity contribution in [3.63, 3.8) is 0 Å². The van der Waals surface area contributed by atoms with Gasteiger partial charge in [0.15, 0.2) is 11.5 Å². The van der Waals surface area contributed by atoms with Gasteiger partial charge in [0.25, 0.3) is 0 Å². The Morgan fingerprint density at radius 2 is 1.61 bits per heavy atom. The molecule has 0 bridgehead atoms. The summed E-state index contributed by atoms with van der Waals surface area (Å²) < 4.78 is 77.8. The van der Waals surface area contributed by atoms with E-state index in [1.54, 1.807) is 12.1 Å². The van der Waals surface area contributed by atoms with Crippen LogP contribution in [0.1, 0.15) is 17.2 Å². The first-order valence-corrected chi connectivity index (χ1v) is 8.91. The van der Waals surface area contributed by atoms with Crippen LogP contribution in [0.15, 0.2) is 42.5 Å². The number of ether oxygens (including phenoxy) is 3. The Kier molecular flexibility index (Phi) is 7.85. The first kappa shape index (κ1) is 25.3. The monoisotopic (exact) mass is 488 g/mol. The van der Waals surface area contributed by atoms with Gasteiger partial charge in [0, 0.05) is 31.7 Å². The van der Waals surface area contributed by atoms with E-state index in [0.29, 0.717) is 37.3 Å². The quantitative estimate of drug-likeness (QED) is 0.629. The summed E-state index contributed by atoms with van der Waals surface area (Å²) in [7, 11) is 0. The maximum absolute atomic E-state index is 13.6. The Labute approximate surface area is 187 Å². The number of nitrogens with zero attached hydrogens (tertiary/aromatic N) is 1. The minimum absolute atomic E-state index is 0. The minimum atomic E-state index is -4.80. The standard InChI is InChI=1S/C19H17F5N2O3.2ClH/c20-18(21,22)27-13-6-4-12(5-7-13)16(26-10-8-25-9-11-26)14-2-1-3-15-17(14)29-19(23,24)28-15;;/h1-7,16,25H,8-11H2;2*1H/t16-;;/m0../s1. The lowest BCUT2D eigenvalue weighted by atomic mass is 9.95. The van der Waals surface area contributed by atoms with E-state index in [9.17, 15) is 22.0 Å². The maximum atomic E-state index is 13.6. The summed E-state index contributed by atoms with van der Waals surface area (Å²) in [5, 5.41) is 3.21. The van der Waals surface area contributed by atoms with E-state index in [1.165, 1.54) is 30.3 Å². The fourth-order valence-electron chi connectivity index (χ4n) is 3.58. The summed E-state index contributed by atoms with van der Waals surface area (Å²) in [6, 6.07) is 9.48. The average molecular weight is 489 g/mol.